The number of benzene rings is 1. The van der Waals surface area contributed by atoms with Crippen LogP contribution >= 0.6 is 0 Å². The summed E-state index contributed by atoms with van der Waals surface area (Å²) < 4.78 is 0. The molecule has 9 N–H and O–H groups in total. The minimum atomic E-state index is -1.52. The number of primary amides is 1. The Kier molecular flexibility index (Phi) is 9.54. The van der Waals surface area contributed by atoms with E-state index in [-0.39, 0.29) is 25.1 Å². The Balaban J connectivity index is 2.10. The monoisotopic (exact) mass is 493 g/mol. The van der Waals surface area contributed by atoms with Crippen molar-refractivity contribution < 1.29 is 39.3 Å². The Bertz CT molecular complexity index is 952. The number of aliphatic carboxylic acids is 1. The SMILES string of the molecule is CC(O)C(NC(=O)C(N)Cc1ccc(O)cc1)C(=O)NC(CC(N)=O)C(=O)N1CCCC1C(=O)O. The van der Waals surface area contributed by atoms with E-state index in [2.05, 4.69) is 10.6 Å². The first-order chi connectivity index (χ1) is 16.4. The molecule has 13 nitrogen and oxygen atoms in total. The number of aromatic hydroxyl groups is 1. The maximum absolute atomic E-state index is 12.9. The second-order valence-corrected chi connectivity index (χ2v) is 8.46. The number of nitrogens with two attached hydrogens (primary N) is 2. The van der Waals surface area contributed by atoms with Gasteiger partial charge in [-0.25, -0.2) is 4.79 Å². The van der Waals surface area contributed by atoms with E-state index in [1.807, 2.05) is 0 Å². The van der Waals surface area contributed by atoms with Crippen molar-refractivity contribution in [3.63, 3.8) is 0 Å². The van der Waals surface area contributed by atoms with Crippen LogP contribution in [0.5, 0.6) is 5.75 Å². The van der Waals surface area contributed by atoms with Gasteiger partial charge in [-0.1, -0.05) is 12.1 Å². The number of nitrogens with zero attached hydrogens (tertiary/aromatic N) is 1. The number of carbonyl (C=O) groups excluding carboxylic acids is 4. The first-order valence-corrected chi connectivity index (χ1v) is 11.0. The van der Waals surface area contributed by atoms with Crippen molar-refractivity contribution in [3.05, 3.63) is 29.8 Å². The van der Waals surface area contributed by atoms with Crippen molar-refractivity contribution in [2.24, 2.45) is 11.5 Å². The molecule has 5 unspecified atom stereocenters. The van der Waals surface area contributed by atoms with Crippen molar-refractivity contribution in [1.29, 1.82) is 0 Å². The molecule has 1 heterocycles. The second kappa shape index (κ2) is 12.1. The number of amides is 4. The first kappa shape index (κ1) is 27.5. The molecule has 2 rings (SSSR count). The average molecular weight is 494 g/mol. The van der Waals surface area contributed by atoms with E-state index < -0.39 is 66.3 Å². The van der Waals surface area contributed by atoms with Crippen molar-refractivity contribution in [2.75, 3.05) is 6.54 Å². The van der Waals surface area contributed by atoms with E-state index in [9.17, 15) is 39.3 Å². The minimum Gasteiger partial charge on any atom is -0.508 e. The fourth-order valence-electron chi connectivity index (χ4n) is 3.79. The van der Waals surface area contributed by atoms with Crippen LogP contribution in [0.2, 0.25) is 0 Å². The Morgan fingerprint density at radius 3 is 2.29 bits per heavy atom. The van der Waals surface area contributed by atoms with Crippen molar-refractivity contribution in [1.82, 2.24) is 15.5 Å². The van der Waals surface area contributed by atoms with Gasteiger partial charge in [0, 0.05) is 6.54 Å². The van der Waals surface area contributed by atoms with Gasteiger partial charge in [0.15, 0.2) is 0 Å². The van der Waals surface area contributed by atoms with E-state index in [1.165, 1.54) is 19.1 Å². The van der Waals surface area contributed by atoms with Gasteiger partial charge in [-0.2, -0.15) is 0 Å². The van der Waals surface area contributed by atoms with Crippen LogP contribution in [0.1, 0.15) is 31.7 Å². The molecule has 0 saturated carbocycles. The van der Waals surface area contributed by atoms with Gasteiger partial charge >= 0.3 is 5.97 Å². The van der Waals surface area contributed by atoms with Crippen LogP contribution in [0.4, 0.5) is 0 Å². The molecule has 13 heteroatoms. The molecular formula is C22H31N5O8. The lowest BCUT2D eigenvalue weighted by molar-refractivity contribution is -0.150. The fourth-order valence-corrected chi connectivity index (χ4v) is 3.79. The topological polar surface area (TPSA) is 225 Å². The van der Waals surface area contributed by atoms with Crippen LogP contribution in [-0.2, 0) is 30.4 Å². The molecule has 35 heavy (non-hydrogen) atoms. The van der Waals surface area contributed by atoms with Gasteiger partial charge in [-0.3, -0.25) is 19.2 Å². The number of nitrogens with one attached hydrogen (secondary N) is 2. The van der Waals surface area contributed by atoms with Crippen molar-refractivity contribution in [3.8, 4) is 5.75 Å². The van der Waals surface area contributed by atoms with Crippen LogP contribution in [0.15, 0.2) is 24.3 Å². The highest BCUT2D eigenvalue weighted by Crippen LogP contribution is 2.19. The van der Waals surface area contributed by atoms with E-state index in [0.717, 1.165) is 4.90 Å². The van der Waals surface area contributed by atoms with Crippen molar-refractivity contribution >= 4 is 29.6 Å². The third-order valence-corrected chi connectivity index (χ3v) is 5.63. The Morgan fingerprint density at radius 1 is 1.11 bits per heavy atom. The first-order valence-electron chi connectivity index (χ1n) is 11.0. The molecule has 0 spiro atoms. The summed E-state index contributed by atoms with van der Waals surface area (Å²) in [6.07, 6.45) is -1.26. The molecule has 4 amide bonds. The molecule has 1 aromatic carbocycles. The predicted octanol–water partition coefficient (Wildman–Crippen LogP) is -2.44. The van der Waals surface area contributed by atoms with E-state index in [4.69, 9.17) is 11.5 Å². The molecule has 1 aliphatic heterocycles. The highest BCUT2D eigenvalue weighted by Gasteiger charge is 2.39. The summed E-state index contributed by atoms with van der Waals surface area (Å²) >= 11 is 0. The Labute approximate surface area is 201 Å². The number of carbonyl (C=O) groups is 5. The number of carboxylic acid groups (broad SMARTS) is 1. The standard InChI is InChI=1S/C22H31N5O8/c1-11(28)18(26-19(31)14(23)9-12-4-6-13(29)7-5-12)20(32)25-15(10-17(24)30)21(33)27-8-2-3-16(27)22(34)35/h4-7,11,14-16,18,28-29H,2-3,8-10,23H2,1H3,(H2,24,30)(H,25,32)(H,26,31)(H,34,35). The smallest absolute Gasteiger partial charge is 0.326 e. The summed E-state index contributed by atoms with van der Waals surface area (Å²) in [5.74, 6) is -4.62. The molecule has 0 aromatic heterocycles. The van der Waals surface area contributed by atoms with Gasteiger partial charge in [-0.05, 0) is 43.9 Å². The fraction of sp³-hybridized carbons (Fsp3) is 0.500. The molecule has 0 aliphatic carbocycles. The van der Waals surface area contributed by atoms with Crippen LogP contribution in [0.3, 0.4) is 0 Å². The number of rotatable bonds is 11. The molecule has 1 aliphatic rings. The van der Waals surface area contributed by atoms with Gasteiger partial charge in [0.05, 0.1) is 18.6 Å². The highest BCUT2D eigenvalue weighted by molar-refractivity contribution is 5.96. The third-order valence-electron chi connectivity index (χ3n) is 5.63. The highest BCUT2D eigenvalue weighted by atomic mass is 16.4. The average Bonchev–Trinajstić information content (AvgIpc) is 3.27. The summed E-state index contributed by atoms with van der Waals surface area (Å²) in [6, 6.07) is 0.800. The maximum atomic E-state index is 12.9. The number of carboxylic acids is 1. The minimum absolute atomic E-state index is 0.0429. The summed E-state index contributed by atoms with van der Waals surface area (Å²) in [7, 11) is 0. The molecule has 0 bridgehead atoms. The number of phenols is 1. The van der Waals surface area contributed by atoms with Gasteiger partial charge in [0.1, 0.15) is 23.9 Å². The Morgan fingerprint density at radius 2 is 1.74 bits per heavy atom. The number of phenolic OH excluding ortho intramolecular Hbond substituents is 1. The summed E-state index contributed by atoms with van der Waals surface area (Å²) in [4.78, 5) is 62.4. The molecule has 1 aromatic rings. The van der Waals surface area contributed by atoms with Crippen LogP contribution in [-0.4, -0.2) is 86.6 Å². The Hall–Kier alpha value is -3.71. The van der Waals surface area contributed by atoms with Gasteiger partial charge in [-0.15, -0.1) is 0 Å². The largest absolute Gasteiger partial charge is 0.508 e. The van der Waals surface area contributed by atoms with Crippen molar-refractivity contribution in [2.45, 2.75) is 62.9 Å². The normalized spacial score (nSPS) is 18.7. The zero-order chi connectivity index (χ0) is 26.3. The zero-order valence-corrected chi connectivity index (χ0v) is 19.2. The van der Waals surface area contributed by atoms with Crippen LogP contribution in [0, 0.1) is 0 Å². The molecule has 0 radical (unpaired) electrons. The number of aliphatic hydroxyl groups is 1. The molecule has 5 atom stereocenters. The van der Waals surface area contributed by atoms with Gasteiger partial charge < -0.3 is 42.3 Å². The predicted molar refractivity (Wildman–Crippen MR) is 122 cm³/mol. The summed E-state index contributed by atoms with van der Waals surface area (Å²) in [5, 5.41) is 33.4. The summed E-state index contributed by atoms with van der Waals surface area (Å²) in [6.45, 7) is 1.37. The lowest BCUT2D eigenvalue weighted by Crippen LogP contribution is -2.60. The number of aliphatic hydroxyl groups excluding tert-OH is 1. The number of hydrogen-bond acceptors (Lipinski definition) is 8. The summed E-state index contributed by atoms with van der Waals surface area (Å²) in [5.41, 5.74) is 11.8. The zero-order valence-electron chi connectivity index (χ0n) is 19.2. The van der Waals surface area contributed by atoms with Gasteiger partial charge in [0.2, 0.25) is 23.6 Å². The van der Waals surface area contributed by atoms with E-state index in [0.29, 0.717) is 12.0 Å². The molecular weight excluding hydrogens is 462 g/mol. The lowest BCUT2D eigenvalue weighted by atomic mass is 10.0. The number of likely N-dealkylation sites (tertiary alicyclic amines) is 1. The molecule has 1 fully saturated rings. The quantitative estimate of drug-likeness (QED) is 0.174. The van der Waals surface area contributed by atoms with Gasteiger partial charge in [0.25, 0.3) is 0 Å². The number of hydrogen-bond donors (Lipinski definition) is 7. The van der Waals surface area contributed by atoms with Crippen LogP contribution < -0.4 is 22.1 Å². The lowest BCUT2D eigenvalue weighted by Gasteiger charge is -2.29. The third kappa shape index (κ3) is 7.65. The van der Waals surface area contributed by atoms with Crippen LogP contribution in [0.25, 0.3) is 0 Å². The molecule has 1 saturated heterocycles. The molecule has 192 valence electrons. The van der Waals surface area contributed by atoms with E-state index >= 15 is 0 Å². The van der Waals surface area contributed by atoms with E-state index in [1.54, 1.807) is 12.1 Å². The second-order valence-electron chi connectivity index (χ2n) is 8.46. The maximum Gasteiger partial charge on any atom is 0.326 e.